The third-order valence-electron chi connectivity index (χ3n) is 3.73. The minimum Gasteiger partial charge on any atom is -0.391 e. The molecule has 0 spiro atoms. The summed E-state index contributed by atoms with van der Waals surface area (Å²) in [5, 5.41) is 30.1. The van der Waals surface area contributed by atoms with Crippen molar-refractivity contribution in [1.29, 1.82) is 0 Å². The molecule has 1 fully saturated rings. The molecule has 2 rings (SSSR count). The molecule has 0 aliphatic carbocycles. The zero-order valence-electron chi connectivity index (χ0n) is 12.3. The molecule has 0 aromatic heterocycles. The van der Waals surface area contributed by atoms with Crippen molar-refractivity contribution in [3.8, 4) is 0 Å². The monoisotopic (exact) mass is 295 g/mol. The highest BCUT2D eigenvalue weighted by Gasteiger charge is 2.32. The molecule has 2 atom stereocenters. The topological polar surface area (TPSA) is 90.1 Å². The largest absolute Gasteiger partial charge is 0.391 e. The molecule has 0 saturated carbocycles. The Morgan fingerprint density at radius 3 is 2.76 bits per heavy atom. The highest BCUT2D eigenvalue weighted by atomic mass is 16.6. The van der Waals surface area contributed by atoms with E-state index in [4.69, 9.17) is 0 Å². The van der Waals surface area contributed by atoms with Gasteiger partial charge >= 0.3 is 0 Å². The first kappa shape index (κ1) is 15.7. The Labute approximate surface area is 123 Å². The van der Waals surface area contributed by atoms with Gasteiger partial charge in [0.05, 0.1) is 23.2 Å². The maximum absolute atomic E-state index is 10.9. The second kappa shape index (κ2) is 6.38. The molecular weight excluding hydrogens is 274 g/mol. The van der Waals surface area contributed by atoms with Crippen molar-refractivity contribution in [3.63, 3.8) is 0 Å². The Kier molecular flexibility index (Phi) is 4.76. The summed E-state index contributed by atoms with van der Waals surface area (Å²) in [6.07, 6.45) is 0.270. The summed E-state index contributed by atoms with van der Waals surface area (Å²) in [6, 6.07) is 4.89. The smallest absolute Gasteiger partial charge is 0.275 e. The van der Waals surface area contributed by atoms with Crippen LogP contribution >= 0.6 is 0 Å². The minimum atomic E-state index is -0.495. The van der Waals surface area contributed by atoms with E-state index in [9.17, 15) is 20.3 Å². The number of β-amino-alcohol motifs (C(OH)–C–C–N with tert-alkyl or cyclic N) is 1. The molecule has 1 aromatic carbocycles. The first-order valence-corrected chi connectivity index (χ1v) is 6.90. The maximum Gasteiger partial charge on any atom is 0.275 e. The lowest BCUT2D eigenvalue weighted by atomic mass is 10.1. The van der Waals surface area contributed by atoms with E-state index in [-0.39, 0.29) is 18.3 Å². The summed E-state index contributed by atoms with van der Waals surface area (Å²) in [5.41, 5.74) is 1.01. The van der Waals surface area contributed by atoms with E-state index in [0.717, 1.165) is 12.2 Å². The number of hydrogen-bond acceptors (Lipinski definition) is 6. The van der Waals surface area contributed by atoms with Gasteiger partial charge in [-0.25, -0.2) is 0 Å². The first-order chi connectivity index (χ1) is 9.92. The molecule has 0 bridgehead atoms. The van der Waals surface area contributed by atoms with Crippen molar-refractivity contribution >= 4 is 11.4 Å². The van der Waals surface area contributed by atoms with Crippen LogP contribution in [0.4, 0.5) is 11.4 Å². The van der Waals surface area contributed by atoms with Gasteiger partial charge in [-0.2, -0.15) is 0 Å². The molecule has 1 aliphatic heterocycles. The van der Waals surface area contributed by atoms with Crippen molar-refractivity contribution in [2.45, 2.75) is 25.2 Å². The van der Waals surface area contributed by atoms with Gasteiger partial charge in [-0.15, -0.1) is 0 Å². The van der Waals surface area contributed by atoms with Gasteiger partial charge < -0.3 is 20.0 Å². The fourth-order valence-corrected chi connectivity index (χ4v) is 2.86. The number of nitro groups is 1. The molecule has 116 valence electrons. The van der Waals surface area contributed by atoms with Crippen molar-refractivity contribution in [3.05, 3.63) is 33.9 Å². The lowest BCUT2D eigenvalue weighted by Gasteiger charge is -2.29. The zero-order chi connectivity index (χ0) is 15.6. The molecule has 0 amide bonds. The third kappa shape index (κ3) is 3.49. The van der Waals surface area contributed by atoms with Gasteiger partial charge in [0.25, 0.3) is 5.69 Å². The molecule has 7 nitrogen and oxygen atoms in total. The molecule has 1 aliphatic rings. The van der Waals surface area contributed by atoms with Crippen LogP contribution in [0.15, 0.2) is 18.2 Å². The van der Waals surface area contributed by atoms with Crippen LogP contribution in [0.1, 0.15) is 12.0 Å². The molecule has 1 heterocycles. The van der Waals surface area contributed by atoms with Crippen LogP contribution in [0, 0.1) is 10.1 Å². The summed E-state index contributed by atoms with van der Waals surface area (Å²) < 4.78 is 0. The number of nitro benzene ring substituents is 1. The first-order valence-electron chi connectivity index (χ1n) is 6.90. The quantitative estimate of drug-likeness (QED) is 0.610. The number of likely N-dealkylation sites (N-methyl/N-ethyl adjacent to an activating group) is 1. The van der Waals surface area contributed by atoms with E-state index < -0.39 is 11.0 Å². The van der Waals surface area contributed by atoms with Gasteiger partial charge in [-0.1, -0.05) is 0 Å². The van der Waals surface area contributed by atoms with Gasteiger partial charge in [0.15, 0.2) is 0 Å². The Bertz CT molecular complexity index is 521. The fraction of sp³-hybridized carbons (Fsp3) is 0.571. The van der Waals surface area contributed by atoms with E-state index in [0.29, 0.717) is 18.5 Å². The standard InChI is InChI=1S/C14H21N3O4/c1-15(2)7-12-6-13(19)8-16(12)11-3-4-14(17(20)21)10(5-11)9-18/h3-5,12-13,18-19H,6-9H2,1-2H3. The fourth-order valence-electron chi connectivity index (χ4n) is 2.86. The predicted octanol–water partition coefficient (Wildman–Crippen LogP) is 0.588. The van der Waals surface area contributed by atoms with Crippen molar-refractivity contribution in [1.82, 2.24) is 4.90 Å². The van der Waals surface area contributed by atoms with Gasteiger partial charge in [-0.3, -0.25) is 10.1 Å². The number of rotatable bonds is 5. The van der Waals surface area contributed by atoms with E-state index >= 15 is 0 Å². The normalized spacial score (nSPS) is 22.0. The van der Waals surface area contributed by atoms with E-state index in [2.05, 4.69) is 0 Å². The van der Waals surface area contributed by atoms with Crippen molar-refractivity contribution in [2.24, 2.45) is 0 Å². The Hall–Kier alpha value is -1.70. The Balaban J connectivity index is 2.29. The van der Waals surface area contributed by atoms with Gasteiger partial charge in [-0.05, 0) is 32.6 Å². The zero-order valence-corrected chi connectivity index (χ0v) is 12.3. The predicted molar refractivity (Wildman–Crippen MR) is 79.3 cm³/mol. The molecule has 7 heteroatoms. The minimum absolute atomic E-state index is 0.0786. The molecule has 0 radical (unpaired) electrons. The average Bonchev–Trinajstić information content (AvgIpc) is 2.77. The van der Waals surface area contributed by atoms with Crippen molar-refractivity contribution < 1.29 is 15.1 Å². The summed E-state index contributed by atoms with van der Waals surface area (Å²) in [6.45, 7) is 0.919. The maximum atomic E-state index is 10.9. The SMILES string of the molecule is CN(C)CC1CC(O)CN1c1ccc([N+](=O)[O-])c(CO)c1. The highest BCUT2D eigenvalue weighted by Crippen LogP contribution is 2.30. The van der Waals surface area contributed by atoms with E-state index in [1.54, 1.807) is 12.1 Å². The number of benzene rings is 1. The molecular formula is C14H21N3O4. The Morgan fingerprint density at radius 2 is 2.19 bits per heavy atom. The number of nitrogens with zero attached hydrogens (tertiary/aromatic N) is 3. The van der Waals surface area contributed by atoms with Crippen LogP contribution in [0.3, 0.4) is 0 Å². The van der Waals surface area contributed by atoms with Crippen LogP contribution in [0.5, 0.6) is 0 Å². The summed E-state index contributed by atoms with van der Waals surface area (Å²) in [5.74, 6) is 0. The van der Waals surface area contributed by atoms with Gasteiger partial charge in [0, 0.05) is 30.9 Å². The summed E-state index contributed by atoms with van der Waals surface area (Å²) in [7, 11) is 3.94. The number of aliphatic hydroxyl groups excluding tert-OH is 2. The highest BCUT2D eigenvalue weighted by molar-refractivity contribution is 5.57. The second-order valence-electron chi connectivity index (χ2n) is 5.69. The lowest BCUT2D eigenvalue weighted by Crippen LogP contribution is -2.37. The van der Waals surface area contributed by atoms with Crippen LogP contribution in [0.25, 0.3) is 0 Å². The van der Waals surface area contributed by atoms with Crippen molar-refractivity contribution in [2.75, 3.05) is 32.1 Å². The second-order valence-corrected chi connectivity index (χ2v) is 5.69. The van der Waals surface area contributed by atoms with Crippen LogP contribution in [-0.2, 0) is 6.61 Å². The third-order valence-corrected chi connectivity index (χ3v) is 3.73. The molecule has 2 unspecified atom stereocenters. The number of aliphatic hydroxyl groups is 2. The molecule has 2 N–H and O–H groups in total. The van der Waals surface area contributed by atoms with Crippen LogP contribution in [0.2, 0.25) is 0 Å². The molecule has 21 heavy (non-hydrogen) atoms. The molecule has 1 aromatic rings. The van der Waals surface area contributed by atoms with Crippen LogP contribution < -0.4 is 4.90 Å². The summed E-state index contributed by atoms with van der Waals surface area (Å²) >= 11 is 0. The van der Waals surface area contributed by atoms with Gasteiger partial charge in [0.1, 0.15) is 0 Å². The van der Waals surface area contributed by atoms with Crippen LogP contribution in [-0.4, -0.2) is 59.4 Å². The van der Waals surface area contributed by atoms with Gasteiger partial charge in [0.2, 0.25) is 0 Å². The Morgan fingerprint density at radius 1 is 1.48 bits per heavy atom. The van der Waals surface area contributed by atoms with E-state index in [1.165, 1.54) is 6.07 Å². The summed E-state index contributed by atoms with van der Waals surface area (Å²) in [4.78, 5) is 14.5. The lowest BCUT2D eigenvalue weighted by molar-refractivity contribution is -0.385. The average molecular weight is 295 g/mol. The molecule has 1 saturated heterocycles. The number of hydrogen-bond donors (Lipinski definition) is 2. The van der Waals surface area contributed by atoms with E-state index in [1.807, 2.05) is 23.9 Å². The number of anilines is 1.